The van der Waals surface area contributed by atoms with Gasteiger partial charge in [-0.2, -0.15) is 13.2 Å². The molecule has 0 radical (unpaired) electrons. The zero-order valence-electron chi connectivity index (χ0n) is 12.7. The summed E-state index contributed by atoms with van der Waals surface area (Å²) in [6, 6.07) is 9.46. The number of alkyl halides is 3. The van der Waals surface area contributed by atoms with Gasteiger partial charge in [-0.3, -0.25) is 9.63 Å². The molecule has 1 atom stereocenters. The zero-order valence-corrected chi connectivity index (χ0v) is 12.7. The summed E-state index contributed by atoms with van der Waals surface area (Å²) in [5, 5.41) is 8.29. The van der Waals surface area contributed by atoms with E-state index in [4.69, 9.17) is 20.5 Å². The van der Waals surface area contributed by atoms with Crippen LogP contribution in [0.25, 0.3) is 0 Å². The number of hydroxylamine groups is 2. The molecule has 130 valence electrons. The van der Waals surface area contributed by atoms with Crippen molar-refractivity contribution < 1.29 is 32.7 Å². The van der Waals surface area contributed by atoms with E-state index in [0.717, 1.165) is 11.5 Å². The predicted octanol–water partition coefficient (Wildman–Crippen LogP) is 1.60. The maximum absolute atomic E-state index is 11.6. The Kier molecular flexibility index (Phi) is 8.89. The molecule has 0 saturated carbocycles. The standard InChI is InChI=1S/C12H18N2O2.C2HF3O2/c1-14(16-2)12(15)11(13)9-8-10-6-4-3-5-7-10;3-2(4,5)1(6)7/h3-7,11H,8-9,13H2,1-2H3;(H,6,7)/t11-;/m0./s1. The number of likely N-dealkylation sites (N-methyl/N-ethyl adjacent to an activating group) is 1. The fraction of sp³-hybridized carbons (Fsp3) is 0.429. The number of halogens is 3. The third kappa shape index (κ3) is 8.79. The van der Waals surface area contributed by atoms with Crippen LogP contribution in [0.5, 0.6) is 0 Å². The Labute approximate surface area is 131 Å². The molecule has 0 aliphatic carbocycles. The highest BCUT2D eigenvalue weighted by Gasteiger charge is 2.38. The average Bonchev–Trinajstić information content (AvgIpc) is 2.51. The van der Waals surface area contributed by atoms with E-state index < -0.39 is 18.2 Å². The van der Waals surface area contributed by atoms with E-state index in [1.54, 1.807) is 7.05 Å². The van der Waals surface area contributed by atoms with Crippen LogP contribution in [0.4, 0.5) is 13.2 Å². The lowest BCUT2D eigenvalue weighted by Crippen LogP contribution is -2.41. The molecule has 1 amide bonds. The molecule has 1 aromatic rings. The molecule has 0 fully saturated rings. The fourth-order valence-corrected chi connectivity index (χ4v) is 1.41. The summed E-state index contributed by atoms with van der Waals surface area (Å²) in [6.07, 6.45) is -3.66. The molecule has 9 heteroatoms. The van der Waals surface area contributed by atoms with Crippen molar-refractivity contribution >= 4 is 11.9 Å². The van der Waals surface area contributed by atoms with Crippen LogP contribution >= 0.6 is 0 Å². The van der Waals surface area contributed by atoms with Crippen LogP contribution in [-0.4, -0.2) is 48.4 Å². The molecule has 1 aromatic carbocycles. The van der Waals surface area contributed by atoms with Gasteiger partial charge < -0.3 is 10.8 Å². The number of carbonyl (C=O) groups is 2. The summed E-state index contributed by atoms with van der Waals surface area (Å²) in [4.78, 5) is 25.3. The first-order valence-corrected chi connectivity index (χ1v) is 6.50. The highest BCUT2D eigenvalue weighted by atomic mass is 19.4. The first-order chi connectivity index (χ1) is 10.6. The van der Waals surface area contributed by atoms with Crippen molar-refractivity contribution in [3.8, 4) is 0 Å². The van der Waals surface area contributed by atoms with Crippen molar-refractivity contribution in [2.45, 2.75) is 25.1 Å². The Balaban J connectivity index is 0.000000585. The molecule has 0 saturated heterocycles. The predicted molar refractivity (Wildman–Crippen MR) is 76.2 cm³/mol. The van der Waals surface area contributed by atoms with Gasteiger partial charge in [0.05, 0.1) is 13.2 Å². The molecule has 0 aliphatic rings. The summed E-state index contributed by atoms with van der Waals surface area (Å²) in [6.45, 7) is 0. The van der Waals surface area contributed by atoms with Crippen molar-refractivity contribution in [2.75, 3.05) is 14.2 Å². The van der Waals surface area contributed by atoms with E-state index >= 15 is 0 Å². The zero-order chi connectivity index (χ0) is 18.0. The number of benzene rings is 1. The number of carboxylic acids is 1. The lowest BCUT2D eigenvalue weighted by Gasteiger charge is -2.18. The number of nitrogens with zero attached hydrogens (tertiary/aromatic N) is 1. The minimum atomic E-state index is -5.08. The van der Waals surface area contributed by atoms with Gasteiger partial charge in [-0.15, -0.1) is 0 Å². The Bertz CT molecular complexity index is 495. The molecule has 0 bridgehead atoms. The molecule has 3 N–H and O–H groups in total. The minimum Gasteiger partial charge on any atom is -0.475 e. The minimum absolute atomic E-state index is 0.196. The monoisotopic (exact) mass is 336 g/mol. The molecule has 0 aromatic heterocycles. The van der Waals surface area contributed by atoms with Crippen LogP contribution in [0, 0.1) is 0 Å². The van der Waals surface area contributed by atoms with Gasteiger partial charge in [0.25, 0.3) is 5.91 Å². The number of hydrogen-bond donors (Lipinski definition) is 2. The first kappa shape index (κ1) is 20.9. The van der Waals surface area contributed by atoms with Crippen LogP contribution in [-0.2, 0) is 20.8 Å². The van der Waals surface area contributed by atoms with E-state index in [2.05, 4.69) is 0 Å². The summed E-state index contributed by atoms with van der Waals surface area (Å²) >= 11 is 0. The van der Waals surface area contributed by atoms with Crippen LogP contribution in [0.15, 0.2) is 30.3 Å². The molecule has 0 spiro atoms. The number of rotatable bonds is 5. The number of amides is 1. The van der Waals surface area contributed by atoms with Gasteiger partial charge in [-0.25, -0.2) is 9.86 Å². The largest absolute Gasteiger partial charge is 0.490 e. The quantitative estimate of drug-likeness (QED) is 0.797. The molecule has 23 heavy (non-hydrogen) atoms. The van der Waals surface area contributed by atoms with Crippen LogP contribution in [0.3, 0.4) is 0 Å². The smallest absolute Gasteiger partial charge is 0.475 e. The van der Waals surface area contributed by atoms with Crippen molar-refractivity contribution in [1.29, 1.82) is 0 Å². The van der Waals surface area contributed by atoms with Crippen molar-refractivity contribution in [1.82, 2.24) is 5.06 Å². The van der Waals surface area contributed by atoms with Crippen LogP contribution in [0.2, 0.25) is 0 Å². The highest BCUT2D eigenvalue weighted by Crippen LogP contribution is 2.13. The van der Waals surface area contributed by atoms with Crippen molar-refractivity contribution in [2.24, 2.45) is 5.73 Å². The number of carboxylic acid groups (broad SMARTS) is 1. The summed E-state index contributed by atoms with van der Waals surface area (Å²) in [7, 11) is 3.01. The lowest BCUT2D eigenvalue weighted by atomic mass is 10.1. The van der Waals surface area contributed by atoms with Crippen LogP contribution < -0.4 is 5.73 Å². The summed E-state index contributed by atoms with van der Waals surface area (Å²) < 4.78 is 31.7. The highest BCUT2D eigenvalue weighted by molar-refractivity contribution is 5.80. The lowest BCUT2D eigenvalue weighted by molar-refractivity contribution is -0.192. The number of hydrogen-bond acceptors (Lipinski definition) is 4. The molecule has 1 rings (SSSR count). The Morgan fingerprint density at radius 2 is 1.78 bits per heavy atom. The molecule has 0 unspecified atom stereocenters. The maximum Gasteiger partial charge on any atom is 0.490 e. The van der Waals surface area contributed by atoms with Gasteiger partial charge in [-0.05, 0) is 18.4 Å². The molecule has 0 heterocycles. The second-order valence-electron chi connectivity index (χ2n) is 4.45. The van der Waals surface area contributed by atoms with E-state index in [9.17, 15) is 18.0 Å². The Morgan fingerprint density at radius 1 is 1.30 bits per heavy atom. The normalized spacial score (nSPS) is 11.9. The second kappa shape index (κ2) is 9.80. The summed E-state index contributed by atoms with van der Waals surface area (Å²) in [5.74, 6) is -2.95. The maximum atomic E-state index is 11.6. The van der Waals surface area contributed by atoms with Gasteiger partial charge >= 0.3 is 12.1 Å². The third-order valence-electron chi connectivity index (χ3n) is 2.73. The summed E-state index contributed by atoms with van der Waals surface area (Å²) in [5.41, 5.74) is 6.96. The topological polar surface area (TPSA) is 92.9 Å². The molecule has 0 aliphatic heterocycles. The molecular formula is C14H19F3N2O4. The first-order valence-electron chi connectivity index (χ1n) is 6.50. The van der Waals surface area contributed by atoms with Gasteiger partial charge in [0.15, 0.2) is 0 Å². The van der Waals surface area contributed by atoms with E-state index in [-0.39, 0.29) is 5.91 Å². The van der Waals surface area contributed by atoms with Gasteiger partial charge in [0, 0.05) is 7.05 Å². The number of nitrogens with two attached hydrogens (primary N) is 1. The molecule has 6 nitrogen and oxygen atoms in total. The Morgan fingerprint density at radius 3 is 2.17 bits per heavy atom. The fourth-order valence-electron chi connectivity index (χ4n) is 1.41. The number of aliphatic carboxylic acids is 1. The van der Waals surface area contributed by atoms with Gasteiger partial charge in [0.2, 0.25) is 0 Å². The van der Waals surface area contributed by atoms with Crippen molar-refractivity contribution in [3.63, 3.8) is 0 Å². The third-order valence-corrected chi connectivity index (χ3v) is 2.73. The Hall–Kier alpha value is -2.13. The van der Waals surface area contributed by atoms with Gasteiger partial charge in [0.1, 0.15) is 0 Å². The van der Waals surface area contributed by atoms with Crippen LogP contribution in [0.1, 0.15) is 12.0 Å². The van der Waals surface area contributed by atoms with E-state index in [1.807, 2.05) is 30.3 Å². The number of carbonyl (C=O) groups excluding carboxylic acids is 1. The van der Waals surface area contributed by atoms with E-state index in [1.165, 1.54) is 12.7 Å². The SMILES string of the molecule is CON(C)C(=O)[C@@H](N)CCc1ccccc1.O=C(O)C(F)(F)F. The van der Waals surface area contributed by atoms with Gasteiger partial charge in [-0.1, -0.05) is 30.3 Å². The number of aryl methyl sites for hydroxylation is 1. The molecular weight excluding hydrogens is 317 g/mol. The van der Waals surface area contributed by atoms with Crippen molar-refractivity contribution in [3.05, 3.63) is 35.9 Å². The van der Waals surface area contributed by atoms with E-state index in [0.29, 0.717) is 6.42 Å². The average molecular weight is 336 g/mol. The second-order valence-corrected chi connectivity index (χ2v) is 4.45.